The maximum Gasteiger partial charge on any atom is 0.251 e. The Morgan fingerprint density at radius 3 is 2.58 bits per heavy atom. The van der Waals surface area contributed by atoms with Crippen molar-refractivity contribution in [1.82, 2.24) is 19.8 Å². The molecular weight excluding hydrogens is 426 g/mol. The highest BCUT2D eigenvalue weighted by Crippen LogP contribution is 2.32. The number of benzene rings is 2. The zero-order valence-corrected chi connectivity index (χ0v) is 19.1. The monoisotopic (exact) mass is 454 g/mol. The summed E-state index contributed by atoms with van der Waals surface area (Å²) in [7, 11) is 1.41. The van der Waals surface area contributed by atoms with Gasteiger partial charge in [0.15, 0.2) is 0 Å². The maximum atomic E-state index is 15.1. The van der Waals surface area contributed by atoms with Gasteiger partial charge in [-0.15, -0.1) is 0 Å². The van der Waals surface area contributed by atoms with Gasteiger partial charge in [0.1, 0.15) is 17.5 Å². The Morgan fingerprint density at radius 1 is 1.18 bits per heavy atom. The first-order valence-corrected chi connectivity index (χ1v) is 11.3. The van der Waals surface area contributed by atoms with Gasteiger partial charge in [-0.2, -0.15) is 0 Å². The number of hydrogen-bond donors (Lipinski definition) is 1. The molecule has 0 radical (unpaired) electrons. The van der Waals surface area contributed by atoms with Crippen LogP contribution in [0.5, 0.6) is 0 Å². The van der Waals surface area contributed by atoms with Crippen molar-refractivity contribution in [2.75, 3.05) is 20.1 Å². The van der Waals surface area contributed by atoms with Crippen molar-refractivity contribution in [3.8, 4) is 11.4 Å². The topological polar surface area (TPSA) is 67.2 Å². The lowest BCUT2D eigenvalue weighted by Gasteiger charge is -2.33. The molecule has 8 heteroatoms. The Morgan fingerprint density at radius 2 is 1.91 bits per heavy atom. The van der Waals surface area contributed by atoms with Gasteiger partial charge >= 0.3 is 0 Å². The van der Waals surface area contributed by atoms with Gasteiger partial charge < -0.3 is 14.8 Å². The summed E-state index contributed by atoms with van der Waals surface area (Å²) in [5.41, 5.74) is 2.08. The number of aryl methyl sites for hydroxylation is 1. The summed E-state index contributed by atoms with van der Waals surface area (Å²) >= 11 is 0. The predicted molar refractivity (Wildman–Crippen MR) is 123 cm³/mol. The van der Waals surface area contributed by atoms with E-state index in [0.29, 0.717) is 25.0 Å². The Labute approximate surface area is 191 Å². The number of piperidine rings is 1. The number of nitrogens with zero attached hydrogens (tertiary/aromatic N) is 3. The molecule has 3 aromatic rings. The summed E-state index contributed by atoms with van der Waals surface area (Å²) < 4.78 is 32.1. The number of imidazole rings is 1. The molecule has 2 aromatic carbocycles. The standard InChI is InChI=1S/C25H28F2N4O2/c1-4-22(32)30-9-5-6-16(13-30)14-31-21-8-7-15(2)10-20(21)29-24(31)23-18(26)11-17(12-19(23)27)25(33)28-3/h7-8,10-12,16H,4-6,9,13-14H2,1-3H3,(H,28,33). The molecule has 1 N–H and O–H groups in total. The minimum absolute atomic E-state index is 0.0873. The molecule has 0 bridgehead atoms. The number of nitrogens with one attached hydrogen (secondary N) is 1. The van der Waals surface area contributed by atoms with E-state index >= 15 is 8.78 Å². The van der Waals surface area contributed by atoms with E-state index in [-0.39, 0.29) is 28.8 Å². The second-order valence-corrected chi connectivity index (χ2v) is 8.63. The third kappa shape index (κ3) is 4.47. The van der Waals surface area contributed by atoms with Crippen LogP contribution in [0.3, 0.4) is 0 Å². The fraction of sp³-hybridized carbons (Fsp3) is 0.400. The van der Waals surface area contributed by atoms with Crippen molar-refractivity contribution < 1.29 is 18.4 Å². The van der Waals surface area contributed by atoms with E-state index in [0.717, 1.165) is 42.6 Å². The summed E-state index contributed by atoms with van der Waals surface area (Å²) in [5, 5.41) is 2.38. The molecule has 6 nitrogen and oxygen atoms in total. The maximum absolute atomic E-state index is 15.1. The predicted octanol–water partition coefficient (Wildman–Crippen LogP) is 4.30. The summed E-state index contributed by atoms with van der Waals surface area (Å²) in [6.45, 7) is 5.62. The van der Waals surface area contributed by atoms with Crippen LogP contribution in [0.2, 0.25) is 0 Å². The fourth-order valence-corrected chi connectivity index (χ4v) is 4.60. The molecule has 4 rings (SSSR count). The molecule has 0 aliphatic carbocycles. The highest BCUT2D eigenvalue weighted by molar-refractivity contribution is 5.94. The molecule has 0 saturated carbocycles. The average molecular weight is 455 g/mol. The Balaban J connectivity index is 1.79. The van der Waals surface area contributed by atoms with Gasteiger partial charge in [0.2, 0.25) is 5.91 Å². The number of hydrogen-bond acceptors (Lipinski definition) is 3. The van der Waals surface area contributed by atoms with Crippen LogP contribution in [0.1, 0.15) is 42.1 Å². The van der Waals surface area contributed by atoms with Crippen LogP contribution in [0.25, 0.3) is 22.4 Å². The first kappa shape index (κ1) is 22.9. The quantitative estimate of drug-likeness (QED) is 0.625. The zero-order chi connectivity index (χ0) is 23.7. The minimum Gasteiger partial charge on any atom is -0.355 e. The molecule has 1 saturated heterocycles. The van der Waals surface area contributed by atoms with Gasteiger partial charge in [-0.3, -0.25) is 9.59 Å². The van der Waals surface area contributed by atoms with Gasteiger partial charge in [0, 0.05) is 38.7 Å². The molecule has 174 valence electrons. The second kappa shape index (κ2) is 9.29. The lowest BCUT2D eigenvalue weighted by atomic mass is 9.97. The normalized spacial score (nSPS) is 16.3. The van der Waals surface area contributed by atoms with Crippen molar-refractivity contribution in [2.24, 2.45) is 5.92 Å². The first-order valence-electron chi connectivity index (χ1n) is 11.3. The highest BCUT2D eigenvalue weighted by Gasteiger charge is 2.27. The van der Waals surface area contributed by atoms with E-state index in [9.17, 15) is 9.59 Å². The molecule has 0 spiro atoms. The number of likely N-dealkylation sites (tertiary alicyclic amines) is 1. The average Bonchev–Trinajstić information content (AvgIpc) is 3.14. The summed E-state index contributed by atoms with van der Waals surface area (Å²) in [6, 6.07) is 7.81. The van der Waals surface area contributed by atoms with E-state index in [4.69, 9.17) is 0 Å². The lowest BCUT2D eigenvalue weighted by molar-refractivity contribution is -0.132. The van der Waals surface area contributed by atoms with Crippen molar-refractivity contribution in [3.63, 3.8) is 0 Å². The van der Waals surface area contributed by atoms with Crippen LogP contribution in [0.4, 0.5) is 8.78 Å². The molecule has 1 fully saturated rings. The third-order valence-electron chi connectivity index (χ3n) is 6.27. The van der Waals surface area contributed by atoms with Crippen molar-refractivity contribution >= 4 is 22.8 Å². The lowest BCUT2D eigenvalue weighted by Crippen LogP contribution is -2.40. The molecule has 33 heavy (non-hydrogen) atoms. The van der Waals surface area contributed by atoms with Crippen LogP contribution in [-0.4, -0.2) is 46.4 Å². The largest absolute Gasteiger partial charge is 0.355 e. The minimum atomic E-state index is -0.840. The fourth-order valence-electron chi connectivity index (χ4n) is 4.60. The molecular formula is C25H28F2N4O2. The number of carbonyl (C=O) groups is 2. The van der Waals surface area contributed by atoms with Gasteiger partial charge in [0.05, 0.1) is 16.6 Å². The Bertz CT molecular complexity index is 1200. The van der Waals surface area contributed by atoms with Crippen molar-refractivity contribution in [1.29, 1.82) is 0 Å². The third-order valence-corrected chi connectivity index (χ3v) is 6.27. The van der Waals surface area contributed by atoms with Gasteiger partial charge in [-0.25, -0.2) is 13.8 Å². The molecule has 1 aliphatic rings. The van der Waals surface area contributed by atoms with E-state index in [1.807, 2.05) is 41.5 Å². The summed E-state index contributed by atoms with van der Waals surface area (Å²) in [5.74, 6) is -1.79. The SMILES string of the molecule is CCC(=O)N1CCCC(Cn2c(-c3c(F)cc(C(=O)NC)cc3F)nc3cc(C)ccc32)C1. The molecule has 1 unspecified atom stereocenters. The second-order valence-electron chi connectivity index (χ2n) is 8.63. The van der Waals surface area contributed by atoms with Gasteiger partial charge in [-0.05, 0) is 55.5 Å². The number of amides is 2. The summed E-state index contributed by atoms with van der Waals surface area (Å²) in [4.78, 5) is 30.6. The number of fused-ring (bicyclic) bond motifs is 1. The molecule has 1 aliphatic heterocycles. The van der Waals surface area contributed by atoms with E-state index in [1.165, 1.54) is 7.05 Å². The number of halogens is 2. The number of rotatable bonds is 5. The van der Waals surface area contributed by atoms with Crippen molar-refractivity contribution in [2.45, 2.75) is 39.7 Å². The highest BCUT2D eigenvalue weighted by atomic mass is 19.1. The van der Waals surface area contributed by atoms with Crippen molar-refractivity contribution in [3.05, 3.63) is 53.1 Å². The summed E-state index contributed by atoms with van der Waals surface area (Å²) in [6.07, 6.45) is 2.26. The zero-order valence-electron chi connectivity index (χ0n) is 19.1. The number of carbonyl (C=O) groups excluding carboxylic acids is 2. The Kier molecular flexibility index (Phi) is 6.44. The molecule has 1 aromatic heterocycles. The smallest absolute Gasteiger partial charge is 0.251 e. The molecule has 2 amide bonds. The molecule has 1 atom stereocenters. The Hall–Kier alpha value is -3.29. The van der Waals surface area contributed by atoms with Crippen LogP contribution in [0, 0.1) is 24.5 Å². The number of aromatic nitrogens is 2. The first-order chi connectivity index (χ1) is 15.8. The van der Waals surface area contributed by atoms with Gasteiger partial charge in [0.25, 0.3) is 5.91 Å². The van der Waals surface area contributed by atoms with Crippen LogP contribution in [-0.2, 0) is 11.3 Å². The van der Waals surface area contributed by atoms with Crippen LogP contribution >= 0.6 is 0 Å². The van der Waals surface area contributed by atoms with E-state index in [2.05, 4.69) is 10.3 Å². The van der Waals surface area contributed by atoms with Crippen LogP contribution in [0.15, 0.2) is 30.3 Å². The van der Waals surface area contributed by atoms with E-state index < -0.39 is 17.5 Å². The van der Waals surface area contributed by atoms with Crippen LogP contribution < -0.4 is 5.32 Å². The van der Waals surface area contributed by atoms with E-state index in [1.54, 1.807) is 0 Å². The molecule has 2 heterocycles. The van der Waals surface area contributed by atoms with Gasteiger partial charge in [-0.1, -0.05) is 13.0 Å².